The molecule has 0 aliphatic carbocycles. The Kier molecular flexibility index (Phi) is 3.91. The highest BCUT2D eigenvalue weighted by atomic mass is 16.5. The Morgan fingerprint density at radius 2 is 2.18 bits per heavy atom. The molecule has 22 heavy (non-hydrogen) atoms. The molecule has 6 nitrogen and oxygen atoms in total. The van der Waals surface area contributed by atoms with Crippen LogP contribution >= 0.6 is 0 Å². The number of nitrogens with zero attached hydrogens (tertiary/aromatic N) is 4. The van der Waals surface area contributed by atoms with Crippen molar-refractivity contribution in [3.63, 3.8) is 0 Å². The molecule has 1 N–H and O–H groups in total. The van der Waals surface area contributed by atoms with Gasteiger partial charge in [0, 0.05) is 36.8 Å². The van der Waals surface area contributed by atoms with E-state index in [1.807, 2.05) is 26.1 Å². The standard InChI is InChI=1S/C16H19N5O/c1-11-9-13(17-8-7-15-18-10-19-21(15)2)12-5-4-6-14(22-3)16(12)20-11/h4-6,9-10H,7-8H2,1-3H3,(H,17,20). The van der Waals surface area contributed by atoms with Crippen LogP contribution in [0.3, 0.4) is 0 Å². The van der Waals surface area contributed by atoms with Gasteiger partial charge in [0.15, 0.2) is 0 Å². The van der Waals surface area contributed by atoms with Crippen LogP contribution in [0, 0.1) is 6.92 Å². The fourth-order valence-electron chi connectivity index (χ4n) is 2.52. The largest absolute Gasteiger partial charge is 0.494 e. The molecular formula is C16H19N5O. The minimum absolute atomic E-state index is 0.780. The van der Waals surface area contributed by atoms with Gasteiger partial charge in [0.2, 0.25) is 0 Å². The van der Waals surface area contributed by atoms with E-state index >= 15 is 0 Å². The van der Waals surface area contributed by atoms with E-state index in [-0.39, 0.29) is 0 Å². The van der Waals surface area contributed by atoms with Crippen molar-refractivity contribution in [2.45, 2.75) is 13.3 Å². The molecule has 2 aromatic heterocycles. The first-order valence-electron chi connectivity index (χ1n) is 7.20. The van der Waals surface area contributed by atoms with Crippen molar-refractivity contribution in [3.8, 4) is 5.75 Å². The number of pyridine rings is 1. The quantitative estimate of drug-likeness (QED) is 0.783. The van der Waals surface area contributed by atoms with Crippen LogP contribution in [0.2, 0.25) is 0 Å². The molecule has 0 amide bonds. The fourth-order valence-corrected chi connectivity index (χ4v) is 2.52. The van der Waals surface area contributed by atoms with Crippen molar-refractivity contribution in [2.75, 3.05) is 19.0 Å². The number of ether oxygens (including phenoxy) is 1. The zero-order chi connectivity index (χ0) is 15.5. The average molecular weight is 297 g/mol. The van der Waals surface area contributed by atoms with Gasteiger partial charge in [0.1, 0.15) is 23.4 Å². The van der Waals surface area contributed by atoms with E-state index in [1.165, 1.54) is 0 Å². The fraction of sp³-hybridized carbons (Fsp3) is 0.312. The normalized spacial score (nSPS) is 10.9. The minimum atomic E-state index is 0.780. The summed E-state index contributed by atoms with van der Waals surface area (Å²) in [5.41, 5.74) is 2.90. The third kappa shape index (κ3) is 2.72. The van der Waals surface area contributed by atoms with Crippen LogP contribution in [0.4, 0.5) is 5.69 Å². The summed E-state index contributed by atoms with van der Waals surface area (Å²) >= 11 is 0. The van der Waals surface area contributed by atoms with Crippen LogP contribution in [0.15, 0.2) is 30.6 Å². The van der Waals surface area contributed by atoms with Crippen LogP contribution in [-0.2, 0) is 13.5 Å². The molecule has 114 valence electrons. The van der Waals surface area contributed by atoms with E-state index < -0.39 is 0 Å². The van der Waals surface area contributed by atoms with Crippen LogP contribution in [0.5, 0.6) is 5.75 Å². The Morgan fingerprint density at radius 1 is 1.32 bits per heavy atom. The Morgan fingerprint density at radius 3 is 2.91 bits per heavy atom. The van der Waals surface area contributed by atoms with E-state index in [1.54, 1.807) is 18.1 Å². The molecule has 0 aliphatic rings. The van der Waals surface area contributed by atoms with Crippen LogP contribution in [-0.4, -0.2) is 33.4 Å². The number of aryl methyl sites for hydroxylation is 2. The second-order valence-corrected chi connectivity index (χ2v) is 5.14. The first kappa shape index (κ1) is 14.3. The molecule has 0 bridgehead atoms. The summed E-state index contributed by atoms with van der Waals surface area (Å²) in [4.78, 5) is 8.82. The van der Waals surface area contributed by atoms with Crippen LogP contribution in [0.1, 0.15) is 11.5 Å². The summed E-state index contributed by atoms with van der Waals surface area (Å²) in [6, 6.07) is 8.01. The van der Waals surface area contributed by atoms with Crippen molar-refractivity contribution in [3.05, 3.63) is 42.1 Å². The number of aromatic nitrogens is 4. The maximum absolute atomic E-state index is 5.40. The van der Waals surface area contributed by atoms with Gasteiger partial charge in [-0.2, -0.15) is 5.10 Å². The predicted molar refractivity (Wildman–Crippen MR) is 86.2 cm³/mol. The smallest absolute Gasteiger partial charge is 0.145 e. The number of fused-ring (bicyclic) bond motifs is 1. The number of benzene rings is 1. The van der Waals surface area contributed by atoms with Crippen molar-refractivity contribution < 1.29 is 4.74 Å². The molecule has 0 saturated carbocycles. The maximum atomic E-state index is 5.40. The zero-order valence-corrected chi connectivity index (χ0v) is 13.0. The maximum Gasteiger partial charge on any atom is 0.145 e. The number of methoxy groups -OCH3 is 1. The Labute approximate surface area is 129 Å². The van der Waals surface area contributed by atoms with Crippen LogP contribution < -0.4 is 10.1 Å². The molecule has 0 spiro atoms. The van der Waals surface area contributed by atoms with Crippen molar-refractivity contribution in [1.82, 2.24) is 19.7 Å². The van der Waals surface area contributed by atoms with Gasteiger partial charge in [-0.15, -0.1) is 0 Å². The highest BCUT2D eigenvalue weighted by Crippen LogP contribution is 2.29. The van der Waals surface area contributed by atoms with E-state index in [4.69, 9.17) is 4.74 Å². The molecule has 3 rings (SSSR count). The van der Waals surface area contributed by atoms with Gasteiger partial charge in [0.25, 0.3) is 0 Å². The highest BCUT2D eigenvalue weighted by Gasteiger charge is 2.08. The van der Waals surface area contributed by atoms with Gasteiger partial charge in [-0.3, -0.25) is 4.68 Å². The summed E-state index contributed by atoms with van der Waals surface area (Å²) in [6.07, 6.45) is 2.38. The van der Waals surface area contributed by atoms with E-state index in [2.05, 4.69) is 32.5 Å². The molecule has 1 aromatic carbocycles. The number of nitrogens with one attached hydrogen (secondary N) is 1. The van der Waals surface area contributed by atoms with Gasteiger partial charge in [-0.05, 0) is 19.1 Å². The molecule has 0 radical (unpaired) electrons. The molecule has 0 unspecified atom stereocenters. The molecule has 0 saturated heterocycles. The lowest BCUT2D eigenvalue weighted by atomic mass is 10.1. The third-order valence-corrected chi connectivity index (χ3v) is 3.62. The lowest BCUT2D eigenvalue weighted by molar-refractivity contribution is 0.419. The lowest BCUT2D eigenvalue weighted by Gasteiger charge is -2.12. The predicted octanol–water partition coefficient (Wildman–Crippen LogP) is 2.33. The SMILES string of the molecule is COc1cccc2c(NCCc3ncnn3C)cc(C)nc12. The van der Waals surface area contributed by atoms with Gasteiger partial charge < -0.3 is 10.1 Å². The van der Waals surface area contributed by atoms with Crippen molar-refractivity contribution in [2.24, 2.45) is 7.05 Å². The summed E-state index contributed by atoms with van der Waals surface area (Å²) in [5.74, 6) is 1.75. The summed E-state index contributed by atoms with van der Waals surface area (Å²) in [6.45, 7) is 2.77. The molecular weight excluding hydrogens is 278 g/mol. The van der Waals surface area contributed by atoms with Gasteiger partial charge in [0.05, 0.1) is 7.11 Å². The van der Waals surface area contributed by atoms with E-state index in [0.29, 0.717) is 0 Å². The number of hydrogen-bond donors (Lipinski definition) is 1. The first-order chi connectivity index (χ1) is 10.7. The monoisotopic (exact) mass is 297 g/mol. The van der Waals surface area contributed by atoms with Gasteiger partial charge in [-0.25, -0.2) is 9.97 Å². The number of rotatable bonds is 5. The highest BCUT2D eigenvalue weighted by molar-refractivity contribution is 5.95. The second-order valence-electron chi connectivity index (χ2n) is 5.14. The molecule has 6 heteroatoms. The molecule has 0 atom stereocenters. The van der Waals surface area contributed by atoms with Crippen molar-refractivity contribution in [1.29, 1.82) is 0 Å². The first-order valence-corrected chi connectivity index (χ1v) is 7.20. The summed E-state index contributed by atoms with van der Waals surface area (Å²) < 4.78 is 7.20. The number of hydrogen-bond acceptors (Lipinski definition) is 5. The average Bonchev–Trinajstić information content (AvgIpc) is 2.92. The van der Waals surface area contributed by atoms with Gasteiger partial charge in [-0.1, -0.05) is 12.1 Å². The van der Waals surface area contributed by atoms with Gasteiger partial charge >= 0.3 is 0 Å². The lowest BCUT2D eigenvalue weighted by Crippen LogP contribution is -2.10. The summed E-state index contributed by atoms with van der Waals surface area (Å²) in [5, 5.41) is 8.61. The Hall–Kier alpha value is -2.63. The molecule has 0 aliphatic heterocycles. The van der Waals surface area contributed by atoms with E-state index in [9.17, 15) is 0 Å². The molecule has 3 aromatic rings. The van der Waals surface area contributed by atoms with Crippen molar-refractivity contribution >= 4 is 16.6 Å². The topological polar surface area (TPSA) is 64.9 Å². The molecule has 2 heterocycles. The summed E-state index contributed by atoms with van der Waals surface area (Å²) in [7, 11) is 3.57. The second kappa shape index (κ2) is 6.01. The van der Waals surface area contributed by atoms with Crippen LogP contribution in [0.25, 0.3) is 10.9 Å². The molecule has 0 fully saturated rings. The number of anilines is 1. The Balaban J connectivity index is 1.85. The Bertz CT molecular complexity index is 796. The minimum Gasteiger partial charge on any atom is -0.494 e. The van der Waals surface area contributed by atoms with E-state index in [0.717, 1.165) is 46.8 Å². The zero-order valence-electron chi connectivity index (χ0n) is 13.0. The third-order valence-electron chi connectivity index (χ3n) is 3.62. The number of para-hydroxylation sites is 1.